The number of alkyl halides is 3. The molecule has 0 aromatic heterocycles. The fourth-order valence-corrected chi connectivity index (χ4v) is 2.27. The predicted molar refractivity (Wildman–Crippen MR) is 75.8 cm³/mol. The van der Waals surface area contributed by atoms with Crippen molar-refractivity contribution >= 4 is 17.4 Å². The van der Waals surface area contributed by atoms with E-state index < -0.39 is 11.7 Å². The van der Waals surface area contributed by atoms with E-state index in [2.05, 4.69) is 0 Å². The highest BCUT2D eigenvalue weighted by Crippen LogP contribution is 2.31. The van der Waals surface area contributed by atoms with Gasteiger partial charge in [0.05, 0.1) is 10.6 Å². The Morgan fingerprint density at radius 2 is 1.67 bits per heavy atom. The summed E-state index contributed by atoms with van der Waals surface area (Å²) in [4.78, 5) is 12.4. The molecule has 2 aromatic rings. The Labute approximate surface area is 125 Å². The summed E-state index contributed by atoms with van der Waals surface area (Å²) in [6.07, 6.45) is -4.42. The predicted octanol–water partition coefficient (Wildman–Crippen LogP) is 5.21. The van der Waals surface area contributed by atoms with Gasteiger partial charge in [-0.2, -0.15) is 13.2 Å². The molecule has 0 heterocycles. The van der Waals surface area contributed by atoms with Crippen molar-refractivity contribution in [1.29, 1.82) is 0 Å². The second-order valence-electron chi connectivity index (χ2n) is 4.79. The van der Waals surface area contributed by atoms with Crippen LogP contribution in [-0.2, 0) is 6.18 Å². The molecule has 0 unspecified atom stereocenters. The van der Waals surface area contributed by atoms with E-state index in [4.69, 9.17) is 11.6 Å². The average Bonchev–Trinajstić information content (AvgIpc) is 2.40. The van der Waals surface area contributed by atoms with E-state index >= 15 is 0 Å². The van der Waals surface area contributed by atoms with Crippen molar-refractivity contribution in [2.75, 3.05) is 0 Å². The minimum absolute atomic E-state index is 0.218. The number of rotatable bonds is 2. The summed E-state index contributed by atoms with van der Waals surface area (Å²) >= 11 is 6.09. The van der Waals surface area contributed by atoms with Crippen molar-refractivity contribution in [3.05, 3.63) is 69.2 Å². The zero-order valence-electron chi connectivity index (χ0n) is 11.4. The van der Waals surface area contributed by atoms with Crippen LogP contribution in [0.25, 0.3) is 0 Å². The van der Waals surface area contributed by atoms with Crippen molar-refractivity contribution in [2.24, 2.45) is 0 Å². The van der Waals surface area contributed by atoms with Crippen LogP contribution >= 0.6 is 11.6 Å². The molecule has 2 aromatic carbocycles. The third kappa shape index (κ3) is 3.10. The first-order valence-electron chi connectivity index (χ1n) is 6.19. The molecule has 110 valence electrons. The SMILES string of the molecule is Cc1cc(C(F)(F)F)ccc1C(=O)c1cccc(C)c1Cl. The highest BCUT2D eigenvalue weighted by Gasteiger charge is 2.31. The maximum absolute atomic E-state index is 12.6. The molecule has 0 atom stereocenters. The van der Waals surface area contributed by atoms with Gasteiger partial charge in [-0.05, 0) is 43.2 Å². The van der Waals surface area contributed by atoms with Gasteiger partial charge in [-0.1, -0.05) is 29.8 Å². The largest absolute Gasteiger partial charge is 0.416 e. The minimum Gasteiger partial charge on any atom is -0.289 e. The van der Waals surface area contributed by atoms with Gasteiger partial charge in [-0.25, -0.2) is 0 Å². The number of hydrogen-bond acceptors (Lipinski definition) is 1. The lowest BCUT2D eigenvalue weighted by atomic mass is 9.96. The van der Waals surface area contributed by atoms with Crippen molar-refractivity contribution < 1.29 is 18.0 Å². The van der Waals surface area contributed by atoms with Crippen LogP contribution in [0, 0.1) is 13.8 Å². The topological polar surface area (TPSA) is 17.1 Å². The van der Waals surface area contributed by atoms with Crippen molar-refractivity contribution in [1.82, 2.24) is 0 Å². The molecule has 0 bridgehead atoms. The Balaban J connectivity index is 2.48. The van der Waals surface area contributed by atoms with E-state index in [0.29, 0.717) is 10.6 Å². The van der Waals surface area contributed by atoms with Crippen LogP contribution in [0.2, 0.25) is 5.02 Å². The summed E-state index contributed by atoms with van der Waals surface area (Å²) in [7, 11) is 0. The van der Waals surface area contributed by atoms with Gasteiger partial charge in [0, 0.05) is 11.1 Å². The Morgan fingerprint density at radius 1 is 1.00 bits per heavy atom. The molecule has 0 saturated heterocycles. The van der Waals surface area contributed by atoms with Gasteiger partial charge in [-0.15, -0.1) is 0 Å². The maximum atomic E-state index is 12.6. The highest BCUT2D eigenvalue weighted by molar-refractivity contribution is 6.35. The van der Waals surface area contributed by atoms with E-state index in [1.807, 2.05) is 0 Å². The molecule has 0 aliphatic carbocycles. The number of ketones is 1. The zero-order chi connectivity index (χ0) is 15.8. The molecule has 0 aliphatic heterocycles. The zero-order valence-corrected chi connectivity index (χ0v) is 12.1. The second kappa shape index (κ2) is 5.53. The van der Waals surface area contributed by atoms with Crippen LogP contribution in [0.5, 0.6) is 0 Å². The number of carbonyl (C=O) groups is 1. The molecule has 2 rings (SSSR count). The standard InChI is InChI=1S/C16H12ClF3O/c1-9-4-3-5-13(14(9)17)15(21)12-7-6-11(8-10(12)2)16(18,19)20/h3-8H,1-2H3. The molecule has 0 spiro atoms. The van der Waals surface area contributed by atoms with Gasteiger partial charge in [0.15, 0.2) is 5.78 Å². The lowest BCUT2D eigenvalue weighted by Gasteiger charge is -2.11. The summed E-state index contributed by atoms with van der Waals surface area (Å²) in [5.41, 5.74) is 0.751. The Bertz CT molecular complexity index is 705. The van der Waals surface area contributed by atoms with Crippen molar-refractivity contribution in [3.63, 3.8) is 0 Å². The van der Waals surface area contributed by atoms with Crippen LogP contribution in [0.3, 0.4) is 0 Å². The molecule has 0 radical (unpaired) electrons. The third-order valence-electron chi connectivity index (χ3n) is 3.23. The van der Waals surface area contributed by atoms with E-state index in [1.54, 1.807) is 25.1 Å². The first-order chi connectivity index (χ1) is 9.71. The first-order valence-corrected chi connectivity index (χ1v) is 6.57. The molecule has 21 heavy (non-hydrogen) atoms. The van der Waals surface area contributed by atoms with E-state index in [9.17, 15) is 18.0 Å². The molecule has 0 saturated carbocycles. The average molecular weight is 313 g/mol. The molecule has 0 aliphatic rings. The van der Waals surface area contributed by atoms with Gasteiger partial charge >= 0.3 is 6.18 Å². The summed E-state index contributed by atoms with van der Waals surface area (Å²) in [5.74, 6) is -0.380. The van der Waals surface area contributed by atoms with Crippen molar-refractivity contribution in [2.45, 2.75) is 20.0 Å². The number of benzene rings is 2. The number of aryl methyl sites for hydroxylation is 2. The Hall–Kier alpha value is -1.81. The fourth-order valence-electron chi connectivity index (χ4n) is 2.06. The summed E-state index contributed by atoms with van der Waals surface area (Å²) < 4.78 is 37.9. The molecule has 0 fully saturated rings. The summed E-state index contributed by atoms with van der Waals surface area (Å²) in [6.45, 7) is 3.24. The normalized spacial score (nSPS) is 11.5. The first kappa shape index (κ1) is 15.6. The van der Waals surface area contributed by atoms with Gasteiger partial charge in [0.25, 0.3) is 0 Å². The monoisotopic (exact) mass is 312 g/mol. The third-order valence-corrected chi connectivity index (χ3v) is 3.74. The van der Waals surface area contributed by atoms with E-state index in [-0.39, 0.29) is 16.9 Å². The van der Waals surface area contributed by atoms with Crippen LogP contribution in [0.15, 0.2) is 36.4 Å². The van der Waals surface area contributed by atoms with E-state index in [1.165, 1.54) is 13.0 Å². The molecule has 5 heteroatoms. The van der Waals surface area contributed by atoms with Crippen LogP contribution in [-0.4, -0.2) is 5.78 Å². The highest BCUT2D eigenvalue weighted by atomic mass is 35.5. The van der Waals surface area contributed by atoms with Gasteiger partial charge < -0.3 is 0 Å². The minimum atomic E-state index is -4.42. The Kier molecular flexibility index (Phi) is 4.10. The number of hydrogen-bond donors (Lipinski definition) is 0. The lowest BCUT2D eigenvalue weighted by molar-refractivity contribution is -0.137. The number of halogens is 4. The van der Waals surface area contributed by atoms with Crippen LogP contribution in [0.1, 0.15) is 32.6 Å². The molecule has 0 N–H and O–H groups in total. The molecule has 0 amide bonds. The summed E-state index contributed by atoms with van der Waals surface area (Å²) in [6, 6.07) is 8.08. The smallest absolute Gasteiger partial charge is 0.289 e. The van der Waals surface area contributed by atoms with Gasteiger partial charge in [0.2, 0.25) is 0 Å². The van der Waals surface area contributed by atoms with E-state index in [0.717, 1.165) is 17.7 Å². The number of carbonyl (C=O) groups excluding carboxylic acids is 1. The lowest BCUT2D eigenvalue weighted by Crippen LogP contribution is -2.09. The van der Waals surface area contributed by atoms with Gasteiger partial charge in [0.1, 0.15) is 0 Å². The summed E-state index contributed by atoms with van der Waals surface area (Å²) in [5, 5.41) is 0.321. The van der Waals surface area contributed by atoms with Crippen LogP contribution < -0.4 is 0 Å². The fraction of sp³-hybridized carbons (Fsp3) is 0.188. The van der Waals surface area contributed by atoms with Crippen LogP contribution in [0.4, 0.5) is 13.2 Å². The molecular formula is C16H12ClF3O. The molecule has 1 nitrogen and oxygen atoms in total. The molecular weight excluding hydrogens is 301 g/mol. The van der Waals surface area contributed by atoms with Crippen molar-refractivity contribution in [3.8, 4) is 0 Å². The second-order valence-corrected chi connectivity index (χ2v) is 5.17. The quantitative estimate of drug-likeness (QED) is 0.696. The Morgan fingerprint density at radius 3 is 2.24 bits per heavy atom. The maximum Gasteiger partial charge on any atom is 0.416 e. The van der Waals surface area contributed by atoms with Gasteiger partial charge in [-0.3, -0.25) is 4.79 Å².